The molecule has 0 aliphatic carbocycles. The van der Waals surface area contributed by atoms with Crippen LogP contribution in [0.3, 0.4) is 0 Å². The summed E-state index contributed by atoms with van der Waals surface area (Å²) in [7, 11) is 0. The van der Waals surface area contributed by atoms with E-state index in [2.05, 4.69) is 10.2 Å². The summed E-state index contributed by atoms with van der Waals surface area (Å²) in [5, 5.41) is 2.96. The van der Waals surface area contributed by atoms with Crippen molar-refractivity contribution >= 4 is 23.3 Å². The van der Waals surface area contributed by atoms with E-state index in [-0.39, 0.29) is 30.8 Å². The van der Waals surface area contributed by atoms with Gasteiger partial charge in [-0.15, -0.1) is 0 Å². The van der Waals surface area contributed by atoms with Crippen molar-refractivity contribution in [3.8, 4) is 11.5 Å². The number of carbonyl (C=O) groups excluding carboxylic acids is 3. The van der Waals surface area contributed by atoms with Gasteiger partial charge in [-0.2, -0.15) is 0 Å². The molecule has 36 heavy (non-hydrogen) atoms. The first kappa shape index (κ1) is 25.7. The fourth-order valence-corrected chi connectivity index (χ4v) is 4.74. The minimum atomic E-state index is -0.738. The Kier molecular flexibility index (Phi) is 8.25. The lowest BCUT2D eigenvalue weighted by Crippen LogP contribution is -2.52. The number of hydrogen-bond acceptors (Lipinski definition) is 6. The lowest BCUT2D eigenvalue weighted by molar-refractivity contribution is -0.127. The number of carbonyl (C=O) groups is 3. The monoisotopic (exact) mass is 493 g/mol. The number of likely N-dealkylation sites (tertiary alicyclic amines) is 1. The van der Waals surface area contributed by atoms with Crippen LogP contribution in [-0.2, 0) is 9.59 Å². The van der Waals surface area contributed by atoms with Crippen LogP contribution in [0.15, 0.2) is 36.4 Å². The van der Waals surface area contributed by atoms with E-state index in [9.17, 15) is 14.4 Å². The number of nitrogens with zero attached hydrogens (tertiary/aromatic N) is 2. The van der Waals surface area contributed by atoms with E-state index in [0.29, 0.717) is 29.3 Å². The molecule has 2 aliphatic heterocycles. The number of Topliss-reactive ketones (excluding diaryl/α,β-unsaturated/α-hetero) is 1. The van der Waals surface area contributed by atoms with Crippen LogP contribution >= 0.6 is 0 Å². The quantitative estimate of drug-likeness (QED) is 0.540. The first-order valence-corrected chi connectivity index (χ1v) is 12.7. The average Bonchev–Trinajstić information content (AvgIpc) is 2.87. The Hall–Kier alpha value is -3.39. The number of fused-ring (bicyclic) bond motifs is 1. The van der Waals surface area contributed by atoms with Gasteiger partial charge in [0.2, 0.25) is 5.91 Å². The molecule has 0 unspecified atom stereocenters. The summed E-state index contributed by atoms with van der Waals surface area (Å²) in [5.41, 5.74) is 2.88. The highest BCUT2D eigenvalue weighted by molar-refractivity contribution is 6.05. The normalized spacial score (nSPS) is 16.6. The van der Waals surface area contributed by atoms with E-state index < -0.39 is 6.04 Å². The Labute approximate surface area is 212 Å². The summed E-state index contributed by atoms with van der Waals surface area (Å²) in [4.78, 5) is 42.4. The van der Waals surface area contributed by atoms with Crippen LogP contribution in [0, 0.1) is 13.8 Å². The van der Waals surface area contributed by atoms with Crippen molar-refractivity contribution in [2.45, 2.75) is 46.1 Å². The highest BCUT2D eigenvalue weighted by atomic mass is 16.5. The van der Waals surface area contributed by atoms with E-state index in [1.165, 1.54) is 24.2 Å². The van der Waals surface area contributed by atoms with Crippen LogP contribution in [0.4, 0.5) is 5.69 Å². The zero-order valence-corrected chi connectivity index (χ0v) is 21.3. The molecule has 2 aliphatic rings. The smallest absolute Gasteiger partial charge is 0.265 e. The second-order valence-corrected chi connectivity index (χ2v) is 9.59. The van der Waals surface area contributed by atoms with Gasteiger partial charge in [0.05, 0.1) is 5.69 Å². The van der Waals surface area contributed by atoms with Gasteiger partial charge in [0.1, 0.15) is 17.5 Å². The molecule has 8 nitrogen and oxygen atoms in total. The van der Waals surface area contributed by atoms with E-state index in [4.69, 9.17) is 9.47 Å². The topological polar surface area (TPSA) is 88.2 Å². The van der Waals surface area contributed by atoms with Gasteiger partial charge in [0.15, 0.2) is 19.0 Å². The van der Waals surface area contributed by atoms with Crippen LogP contribution in [0.2, 0.25) is 0 Å². The predicted molar refractivity (Wildman–Crippen MR) is 138 cm³/mol. The SMILES string of the molecule is Cc1ccc(OCC(=O)c2ccc3c(c2)N([C@H](C)C(=O)NCCN2CCCCC2)C(=O)CO3)c(C)c1. The van der Waals surface area contributed by atoms with E-state index in [1.807, 2.05) is 32.0 Å². The van der Waals surface area contributed by atoms with Crippen molar-refractivity contribution in [2.75, 3.05) is 44.3 Å². The van der Waals surface area contributed by atoms with Gasteiger partial charge in [0.25, 0.3) is 5.91 Å². The zero-order valence-electron chi connectivity index (χ0n) is 21.3. The summed E-state index contributed by atoms with van der Waals surface area (Å²) < 4.78 is 11.3. The van der Waals surface area contributed by atoms with Crippen LogP contribution in [-0.4, -0.2) is 67.9 Å². The average molecular weight is 494 g/mol. The number of hydrogen-bond donors (Lipinski definition) is 1. The van der Waals surface area contributed by atoms with Crippen molar-refractivity contribution in [3.05, 3.63) is 53.1 Å². The van der Waals surface area contributed by atoms with Crippen LogP contribution < -0.4 is 19.7 Å². The van der Waals surface area contributed by atoms with Crippen molar-refractivity contribution in [1.29, 1.82) is 0 Å². The second kappa shape index (κ2) is 11.6. The molecular formula is C28H35N3O5. The Morgan fingerprint density at radius 1 is 1.08 bits per heavy atom. The fourth-order valence-electron chi connectivity index (χ4n) is 4.74. The molecule has 1 N–H and O–H groups in total. The van der Waals surface area contributed by atoms with Crippen molar-refractivity contribution in [2.24, 2.45) is 0 Å². The summed E-state index contributed by atoms with van der Waals surface area (Å²) >= 11 is 0. The van der Waals surface area contributed by atoms with E-state index >= 15 is 0 Å². The number of piperidine rings is 1. The van der Waals surface area contributed by atoms with E-state index in [1.54, 1.807) is 25.1 Å². The maximum absolute atomic E-state index is 12.9. The number of ketones is 1. The summed E-state index contributed by atoms with van der Waals surface area (Å²) in [6.45, 7) is 8.79. The standard InChI is InChI=1S/C28H35N3O5/c1-19-7-9-25(20(2)15-19)35-17-24(32)22-8-10-26-23(16-22)31(27(33)18-36-26)21(3)28(34)29-11-14-30-12-5-4-6-13-30/h7-10,15-16,21H,4-6,11-14,17-18H2,1-3H3,(H,29,34)/t21-/m1/s1. The molecule has 2 aromatic rings. The number of anilines is 1. The number of amides is 2. The third-order valence-corrected chi connectivity index (χ3v) is 6.79. The molecule has 4 rings (SSSR count). The molecule has 0 aromatic heterocycles. The lowest BCUT2D eigenvalue weighted by Gasteiger charge is -2.34. The fraction of sp³-hybridized carbons (Fsp3) is 0.464. The molecule has 2 aromatic carbocycles. The van der Waals surface area contributed by atoms with Crippen molar-refractivity contribution < 1.29 is 23.9 Å². The number of benzene rings is 2. The third kappa shape index (κ3) is 6.05. The minimum absolute atomic E-state index is 0.135. The third-order valence-electron chi connectivity index (χ3n) is 6.79. The second-order valence-electron chi connectivity index (χ2n) is 9.59. The molecular weight excluding hydrogens is 458 g/mol. The first-order valence-electron chi connectivity index (χ1n) is 12.7. The van der Waals surface area contributed by atoms with Crippen LogP contribution in [0.5, 0.6) is 11.5 Å². The maximum Gasteiger partial charge on any atom is 0.265 e. The molecule has 1 saturated heterocycles. The maximum atomic E-state index is 12.9. The predicted octanol–water partition coefficient (Wildman–Crippen LogP) is 3.28. The molecule has 0 radical (unpaired) electrons. The molecule has 2 amide bonds. The molecule has 2 heterocycles. The van der Waals surface area contributed by atoms with Gasteiger partial charge in [-0.05, 0) is 76.5 Å². The first-order chi connectivity index (χ1) is 17.3. The van der Waals surface area contributed by atoms with Gasteiger partial charge < -0.3 is 19.7 Å². The summed E-state index contributed by atoms with van der Waals surface area (Å²) in [6.07, 6.45) is 3.65. The zero-order chi connectivity index (χ0) is 25.7. The van der Waals surface area contributed by atoms with Gasteiger partial charge in [-0.3, -0.25) is 19.3 Å². The molecule has 0 saturated carbocycles. The summed E-state index contributed by atoms with van der Waals surface area (Å²) in [5.74, 6) is 0.339. The number of rotatable bonds is 9. The highest BCUT2D eigenvalue weighted by Crippen LogP contribution is 2.34. The molecule has 192 valence electrons. The van der Waals surface area contributed by atoms with Gasteiger partial charge >= 0.3 is 0 Å². The molecule has 8 heteroatoms. The van der Waals surface area contributed by atoms with Gasteiger partial charge in [-0.25, -0.2) is 0 Å². The van der Waals surface area contributed by atoms with E-state index in [0.717, 1.165) is 30.8 Å². The van der Waals surface area contributed by atoms with Crippen molar-refractivity contribution in [3.63, 3.8) is 0 Å². The Balaban J connectivity index is 1.42. The molecule has 1 atom stereocenters. The number of aryl methyl sites for hydroxylation is 2. The number of nitrogens with one attached hydrogen (secondary N) is 1. The minimum Gasteiger partial charge on any atom is -0.485 e. The molecule has 1 fully saturated rings. The highest BCUT2D eigenvalue weighted by Gasteiger charge is 2.33. The largest absolute Gasteiger partial charge is 0.485 e. The van der Waals surface area contributed by atoms with Crippen LogP contribution in [0.25, 0.3) is 0 Å². The molecule has 0 bridgehead atoms. The van der Waals surface area contributed by atoms with Gasteiger partial charge in [0, 0.05) is 18.7 Å². The summed E-state index contributed by atoms with van der Waals surface area (Å²) in [6, 6.07) is 9.98. The Morgan fingerprint density at radius 3 is 2.61 bits per heavy atom. The van der Waals surface area contributed by atoms with Crippen LogP contribution in [0.1, 0.15) is 47.7 Å². The van der Waals surface area contributed by atoms with Gasteiger partial charge in [-0.1, -0.05) is 24.1 Å². The Bertz CT molecular complexity index is 1130. The molecule has 0 spiro atoms. The number of ether oxygens (including phenoxy) is 2. The lowest BCUT2D eigenvalue weighted by atomic mass is 10.1. The van der Waals surface area contributed by atoms with Crippen molar-refractivity contribution in [1.82, 2.24) is 10.2 Å². The Morgan fingerprint density at radius 2 is 1.86 bits per heavy atom.